The number of ether oxygens (including phenoxy) is 1. The van der Waals surface area contributed by atoms with Crippen molar-refractivity contribution in [2.75, 3.05) is 20.2 Å². The van der Waals surface area contributed by atoms with Gasteiger partial charge in [0.1, 0.15) is 0 Å². The van der Waals surface area contributed by atoms with E-state index in [0.29, 0.717) is 19.4 Å². The Balaban J connectivity index is 2.03. The van der Waals surface area contributed by atoms with E-state index in [2.05, 4.69) is 4.74 Å². The van der Waals surface area contributed by atoms with Crippen LogP contribution < -0.4 is 0 Å². The monoisotopic (exact) mass is 297 g/mol. The lowest BCUT2D eigenvalue weighted by atomic mass is 9.97. The highest BCUT2D eigenvalue weighted by atomic mass is 19.2. The molecule has 21 heavy (non-hydrogen) atoms. The number of halogens is 2. The van der Waals surface area contributed by atoms with Crippen LogP contribution in [0, 0.1) is 17.6 Å². The number of likely N-dealkylation sites (tertiary alicyclic amines) is 1. The molecule has 0 unspecified atom stereocenters. The summed E-state index contributed by atoms with van der Waals surface area (Å²) in [5.74, 6) is -2.96. The molecule has 0 aliphatic carbocycles. The van der Waals surface area contributed by atoms with E-state index in [1.807, 2.05) is 0 Å². The van der Waals surface area contributed by atoms with Crippen LogP contribution >= 0.6 is 0 Å². The fraction of sp³-hybridized carbons (Fsp3) is 0.467. The molecule has 1 aromatic carbocycles. The van der Waals surface area contributed by atoms with Crippen molar-refractivity contribution >= 4 is 11.9 Å². The van der Waals surface area contributed by atoms with Gasteiger partial charge in [-0.2, -0.15) is 0 Å². The van der Waals surface area contributed by atoms with Gasteiger partial charge in [0.05, 0.1) is 19.4 Å². The predicted octanol–water partition coefficient (Wildman–Crippen LogP) is 1.92. The lowest BCUT2D eigenvalue weighted by molar-refractivity contribution is -0.148. The maximum atomic E-state index is 13.6. The fourth-order valence-corrected chi connectivity index (χ4v) is 2.52. The first-order valence-electron chi connectivity index (χ1n) is 6.81. The number of methoxy groups -OCH3 is 1. The lowest BCUT2D eigenvalue weighted by Crippen LogP contribution is -2.43. The van der Waals surface area contributed by atoms with Gasteiger partial charge in [-0.3, -0.25) is 9.59 Å². The zero-order valence-electron chi connectivity index (χ0n) is 11.8. The molecule has 6 heteroatoms. The van der Waals surface area contributed by atoms with E-state index in [4.69, 9.17) is 0 Å². The molecule has 4 nitrogen and oxygen atoms in total. The van der Waals surface area contributed by atoms with Crippen LogP contribution in [0.4, 0.5) is 8.78 Å². The minimum atomic E-state index is -0.993. The average molecular weight is 297 g/mol. The highest BCUT2D eigenvalue weighted by molar-refractivity contribution is 5.80. The van der Waals surface area contributed by atoms with E-state index >= 15 is 0 Å². The minimum Gasteiger partial charge on any atom is -0.469 e. The van der Waals surface area contributed by atoms with Gasteiger partial charge in [0, 0.05) is 18.7 Å². The van der Waals surface area contributed by atoms with E-state index < -0.39 is 11.6 Å². The van der Waals surface area contributed by atoms with Crippen LogP contribution in [0.1, 0.15) is 18.4 Å². The van der Waals surface area contributed by atoms with Crippen LogP contribution in [0.15, 0.2) is 18.2 Å². The van der Waals surface area contributed by atoms with Crippen LogP contribution in [-0.2, 0) is 20.7 Å². The van der Waals surface area contributed by atoms with Gasteiger partial charge < -0.3 is 9.64 Å². The molecule has 0 radical (unpaired) electrons. The number of hydrogen-bond donors (Lipinski definition) is 0. The number of amides is 1. The third-order valence-corrected chi connectivity index (χ3v) is 3.68. The lowest BCUT2D eigenvalue weighted by Gasteiger charge is -2.31. The van der Waals surface area contributed by atoms with Gasteiger partial charge in [0.25, 0.3) is 0 Å². The Hall–Kier alpha value is -1.98. The molecule has 0 N–H and O–H groups in total. The van der Waals surface area contributed by atoms with Crippen LogP contribution in [0.25, 0.3) is 0 Å². The molecule has 114 valence electrons. The molecular weight excluding hydrogens is 280 g/mol. The first-order chi connectivity index (χ1) is 10.0. The normalized spacial score (nSPS) is 18.4. The number of carbonyl (C=O) groups is 2. The summed E-state index contributed by atoms with van der Waals surface area (Å²) in [6.45, 7) is 0.783. The van der Waals surface area contributed by atoms with E-state index in [9.17, 15) is 18.4 Å². The van der Waals surface area contributed by atoms with E-state index in [1.54, 1.807) is 0 Å². The smallest absolute Gasteiger partial charge is 0.310 e. The van der Waals surface area contributed by atoms with Crippen LogP contribution in [-0.4, -0.2) is 37.0 Å². The van der Waals surface area contributed by atoms with Crippen LogP contribution in [0.3, 0.4) is 0 Å². The largest absolute Gasteiger partial charge is 0.469 e. The second-order valence-corrected chi connectivity index (χ2v) is 5.09. The zero-order chi connectivity index (χ0) is 15.4. The molecule has 1 saturated heterocycles. The van der Waals surface area contributed by atoms with Crippen LogP contribution in [0.5, 0.6) is 0 Å². The molecule has 0 spiro atoms. The first-order valence-corrected chi connectivity index (χ1v) is 6.81. The van der Waals surface area contributed by atoms with Crippen molar-refractivity contribution in [3.63, 3.8) is 0 Å². The van der Waals surface area contributed by atoms with Crippen molar-refractivity contribution in [1.82, 2.24) is 4.90 Å². The maximum absolute atomic E-state index is 13.6. The summed E-state index contributed by atoms with van der Waals surface area (Å²) < 4.78 is 31.4. The summed E-state index contributed by atoms with van der Waals surface area (Å²) >= 11 is 0. The Labute approximate surface area is 121 Å². The van der Waals surface area contributed by atoms with Gasteiger partial charge in [-0.25, -0.2) is 8.78 Å². The quantitative estimate of drug-likeness (QED) is 0.801. The summed E-state index contributed by atoms with van der Waals surface area (Å²) in [4.78, 5) is 25.2. The predicted molar refractivity (Wildman–Crippen MR) is 71.4 cm³/mol. The molecule has 1 atom stereocenters. The number of esters is 1. The Kier molecular flexibility index (Phi) is 4.88. The molecule has 0 saturated carbocycles. The number of rotatable bonds is 3. The zero-order valence-corrected chi connectivity index (χ0v) is 11.8. The summed E-state index contributed by atoms with van der Waals surface area (Å²) in [5.41, 5.74) is 0.0280. The standard InChI is InChI=1S/C15H17F2NO3/c1-21-15(20)11-5-3-7-18(9-11)13(19)8-10-4-2-6-12(16)14(10)17/h2,4,6,11H,3,5,7-9H2,1H3/t11-/m0/s1. The summed E-state index contributed by atoms with van der Waals surface area (Å²) in [6.07, 6.45) is 1.15. The molecule has 0 bridgehead atoms. The van der Waals surface area contributed by atoms with Crippen molar-refractivity contribution < 1.29 is 23.1 Å². The Bertz CT molecular complexity index is 548. The van der Waals surface area contributed by atoms with Crippen molar-refractivity contribution in [3.05, 3.63) is 35.4 Å². The van der Waals surface area contributed by atoms with Crippen molar-refractivity contribution in [1.29, 1.82) is 0 Å². The fourth-order valence-electron chi connectivity index (χ4n) is 2.52. The van der Waals surface area contributed by atoms with Crippen molar-refractivity contribution in [3.8, 4) is 0 Å². The minimum absolute atomic E-state index is 0.0280. The first kappa shape index (κ1) is 15.4. The summed E-state index contributed by atoms with van der Waals surface area (Å²) in [7, 11) is 1.31. The second kappa shape index (κ2) is 6.65. The summed E-state index contributed by atoms with van der Waals surface area (Å²) in [6, 6.07) is 3.77. The van der Waals surface area contributed by atoms with Gasteiger partial charge in [-0.15, -0.1) is 0 Å². The number of benzene rings is 1. The SMILES string of the molecule is COC(=O)[C@H]1CCCN(C(=O)Cc2cccc(F)c2F)C1. The average Bonchev–Trinajstić information content (AvgIpc) is 2.51. The van der Waals surface area contributed by atoms with E-state index in [-0.39, 0.29) is 36.3 Å². The Morgan fingerprint density at radius 2 is 2.14 bits per heavy atom. The highest BCUT2D eigenvalue weighted by Gasteiger charge is 2.29. The van der Waals surface area contributed by atoms with Gasteiger partial charge in [0.2, 0.25) is 5.91 Å². The van der Waals surface area contributed by atoms with Crippen molar-refractivity contribution in [2.24, 2.45) is 5.92 Å². The molecule has 2 rings (SSSR count). The number of nitrogens with zero attached hydrogens (tertiary/aromatic N) is 1. The van der Waals surface area contributed by atoms with Crippen LogP contribution in [0.2, 0.25) is 0 Å². The van der Waals surface area contributed by atoms with Gasteiger partial charge in [-0.1, -0.05) is 12.1 Å². The number of carbonyl (C=O) groups excluding carboxylic acids is 2. The molecule has 1 fully saturated rings. The molecule has 0 aromatic heterocycles. The Morgan fingerprint density at radius 3 is 2.86 bits per heavy atom. The topological polar surface area (TPSA) is 46.6 Å². The molecule has 1 aromatic rings. The van der Waals surface area contributed by atoms with Gasteiger partial charge >= 0.3 is 5.97 Å². The van der Waals surface area contributed by atoms with Crippen molar-refractivity contribution in [2.45, 2.75) is 19.3 Å². The highest BCUT2D eigenvalue weighted by Crippen LogP contribution is 2.19. The number of hydrogen-bond acceptors (Lipinski definition) is 3. The maximum Gasteiger partial charge on any atom is 0.310 e. The third kappa shape index (κ3) is 3.56. The van der Waals surface area contributed by atoms with E-state index in [0.717, 1.165) is 6.07 Å². The molecule has 1 aliphatic rings. The third-order valence-electron chi connectivity index (χ3n) is 3.68. The van der Waals surface area contributed by atoms with Gasteiger partial charge in [0.15, 0.2) is 11.6 Å². The van der Waals surface area contributed by atoms with Gasteiger partial charge in [-0.05, 0) is 18.9 Å². The molecule has 1 amide bonds. The molecular formula is C15H17F2NO3. The Morgan fingerprint density at radius 1 is 1.38 bits per heavy atom. The second-order valence-electron chi connectivity index (χ2n) is 5.09. The van der Waals surface area contributed by atoms with E-state index in [1.165, 1.54) is 24.1 Å². The molecule has 1 aliphatic heterocycles. The number of piperidine rings is 1. The molecule has 1 heterocycles. The summed E-state index contributed by atoms with van der Waals surface area (Å²) in [5, 5.41) is 0.